The molecule has 0 aromatic carbocycles. The minimum atomic E-state index is -1.88. The van der Waals surface area contributed by atoms with E-state index >= 15 is 0 Å². The lowest BCUT2D eigenvalue weighted by Gasteiger charge is -1.84. The highest BCUT2D eigenvalue weighted by Gasteiger charge is 1.92. The fraction of sp³-hybridized carbons (Fsp3) is 0.500. The molecule has 0 fully saturated rings. The molecule has 3 nitrogen and oxygen atoms in total. The monoisotopic (exact) mass is 119 g/mol. The molecule has 4 heteroatoms. The Bertz CT molecular complexity index is 117. The maximum Gasteiger partial charge on any atom is 0.521 e. The van der Waals surface area contributed by atoms with Gasteiger partial charge in [0.25, 0.3) is 0 Å². The van der Waals surface area contributed by atoms with Gasteiger partial charge in [-0.15, -0.1) is 4.39 Å². The predicted molar refractivity (Wildman–Crippen MR) is 26.4 cm³/mol. The standard InChI is InChI=1S/C4H6FNO2/c1-3(2)6-8-4(5)7/h1-2H3. The van der Waals surface area contributed by atoms with Crippen LogP contribution in [0.3, 0.4) is 0 Å². The lowest BCUT2D eigenvalue weighted by atomic mass is 10.5. The van der Waals surface area contributed by atoms with Crippen molar-refractivity contribution in [2.75, 3.05) is 0 Å². The highest BCUT2D eigenvalue weighted by molar-refractivity contribution is 5.79. The lowest BCUT2D eigenvalue weighted by molar-refractivity contribution is 0.124. The van der Waals surface area contributed by atoms with Crippen molar-refractivity contribution in [2.45, 2.75) is 13.8 Å². The highest BCUT2D eigenvalue weighted by Crippen LogP contribution is 1.83. The Kier molecular flexibility index (Phi) is 2.76. The first-order valence-electron chi connectivity index (χ1n) is 2.00. The van der Waals surface area contributed by atoms with Gasteiger partial charge < -0.3 is 0 Å². The molecule has 0 atom stereocenters. The van der Waals surface area contributed by atoms with Crippen LogP contribution in [0.25, 0.3) is 0 Å². The molecule has 0 radical (unpaired) electrons. The van der Waals surface area contributed by atoms with Gasteiger partial charge in [-0.3, -0.25) is 4.84 Å². The predicted octanol–water partition coefficient (Wildman–Crippen LogP) is 1.49. The fourth-order valence-corrected chi connectivity index (χ4v) is 0.127. The Morgan fingerprint density at radius 1 is 1.62 bits per heavy atom. The molecule has 0 saturated heterocycles. The average molecular weight is 119 g/mol. The molecule has 0 amide bonds. The number of hydrogen-bond donors (Lipinski definition) is 0. The molecule has 0 aliphatic rings. The summed E-state index contributed by atoms with van der Waals surface area (Å²) in [4.78, 5) is 12.9. The number of halogens is 1. The normalized spacial score (nSPS) is 7.88. The molecule has 0 spiro atoms. The molecule has 0 aliphatic heterocycles. The maximum atomic E-state index is 11.1. The van der Waals surface area contributed by atoms with E-state index in [0.29, 0.717) is 5.71 Å². The van der Waals surface area contributed by atoms with Gasteiger partial charge >= 0.3 is 6.22 Å². The first-order chi connectivity index (χ1) is 3.63. The number of carbonyl (C=O) groups excluding carboxylic acids is 1. The summed E-state index contributed by atoms with van der Waals surface area (Å²) in [5.41, 5.74) is 0.496. The second-order valence-electron chi connectivity index (χ2n) is 1.37. The number of carbonyl (C=O) groups is 1. The molecule has 0 aromatic heterocycles. The van der Waals surface area contributed by atoms with E-state index in [-0.39, 0.29) is 0 Å². The van der Waals surface area contributed by atoms with E-state index in [4.69, 9.17) is 0 Å². The summed E-state index contributed by atoms with van der Waals surface area (Å²) < 4.78 is 11.1. The van der Waals surface area contributed by atoms with Crippen LogP contribution in [0.15, 0.2) is 5.16 Å². The van der Waals surface area contributed by atoms with Crippen LogP contribution in [0, 0.1) is 0 Å². The SMILES string of the molecule is CC(C)=NOC(=O)F. The molecule has 0 aliphatic carbocycles. The molecule has 0 N–H and O–H groups in total. The quantitative estimate of drug-likeness (QED) is 0.227. The minimum Gasteiger partial charge on any atom is -0.289 e. The summed E-state index contributed by atoms with van der Waals surface area (Å²) in [6.45, 7) is 3.17. The number of hydrogen-bond acceptors (Lipinski definition) is 3. The number of nitrogens with zero attached hydrogens (tertiary/aromatic N) is 1. The van der Waals surface area contributed by atoms with Crippen LogP contribution in [0.2, 0.25) is 0 Å². The van der Waals surface area contributed by atoms with Crippen molar-refractivity contribution in [1.82, 2.24) is 0 Å². The lowest BCUT2D eigenvalue weighted by Crippen LogP contribution is -1.89. The van der Waals surface area contributed by atoms with E-state index in [1.54, 1.807) is 13.8 Å². The van der Waals surface area contributed by atoms with Gasteiger partial charge in [0.1, 0.15) is 0 Å². The second-order valence-corrected chi connectivity index (χ2v) is 1.37. The van der Waals surface area contributed by atoms with Crippen molar-refractivity contribution in [3.05, 3.63) is 0 Å². The van der Waals surface area contributed by atoms with Gasteiger partial charge in [-0.1, -0.05) is 5.16 Å². The van der Waals surface area contributed by atoms with Gasteiger partial charge in [0.05, 0.1) is 5.71 Å². The molecule has 0 saturated carbocycles. The van der Waals surface area contributed by atoms with Crippen LogP contribution in [-0.4, -0.2) is 11.9 Å². The molecule has 0 unspecified atom stereocenters. The molecule has 0 heterocycles. The molecular formula is C4H6FNO2. The third kappa shape index (κ3) is 5.07. The van der Waals surface area contributed by atoms with Crippen LogP contribution in [0.4, 0.5) is 9.18 Å². The molecule has 0 bridgehead atoms. The first-order valence-corrected chi connectivity index (χ1v) is 2.00. The average Bonchev–Trinajstić information content (AvgIpc) is 1.61. The highest BCUT2D eigenvalue weighted by atomic mass is 19.1. The minimum absolute atomic E-state index is 0.496. The van der Waals surface area contributed by atoms with Gasteiger partial charge in [-0.2, -0.15) is 0 Å². The Morgan fingerprint density at radius 2 is 2.12 bits per heavy atom. The number of rotatable bonds is 1. The topological polar surface area (TPSA) is 38.7 Å². The van der Waals surface area contributed by atoms with Crippen LogP contribution < -0.4 is 0 Å². The van der Waals surface area contributed by atoms with Gasteiger partial charge in [0, 0.05) is 0 Å². The third-order valence-corrected chi connectivity index (χ3v) is 0.300. The van der Waals surface area contributed by atoms with E-state index in [1.165, 1.54) is 0 Å². The van der Waals surface area contributed by atoms with Gasteiger partial charge in [0.15, 0.2) is 0 Å². The second kappa shape index (κ2) is 3.12. The Hall–Kier alpha value is -0.930. The summed E-state index contributed by atoms with van der Waals surface area (Å²) in [7, 11) is 0. The Morgan fingerprint density at radius 3 is 2.25 bits per heavy atom. The molecular weight excluding hydrogens is 113 g/mol. The molecule has 46 valence electrons. The summed E-state index contributed by atoms with van der Waals surface area (Å²) in [5, 5.41) is 3.02. The number of oxime groups is 1. The van der Waals surface area contributed by atoms with Gasteiger partial charge in [-0.05, 0) is 13.8 Å². The summed E-state index contributed by atoms with van der Waals surface area (Å²) >= 11 is 0. The van der Waals surface area contributed by atoms with Crippen LogP contribution in [-0.2, 0) is 4.84 Å². The van der Waals surface area contributed by atoms with Crippen molar-refractivity contribution in [3.8, 4) is 0 Å². The zero-order chi connectivity index (χ0) is 6.57. The van der Waals surface area contributed by atoms with Crippen LogP contribution in [0.5, 0.6) is 0 Å². The van der Waals surface area contributed by atoms with E-state index in [2.05, 4.69) is 9.99 Å². The zero-order valence-electron chi connectivity index (χ0n) is 4.64. The van der Waals surface area contributed by atoms with Crippen molar-refractivity contribution < 1.29 is 14.0 Å². The molecule has 0 aromatic rings. The zero-order valence-corrected chi connectivity index (χ0v) is 4.64. The summed E-state index contributed by atoms with van der Waals surface area (Å²) in [6.07, 6.45) is -1.88. The largest absolute Gasteiger partial charge is 0.521 e. The van der Waals surface area contributed by atoms with E-state index in [1.807, 2.05) is 0 Å². The Labute approximate surface area is 46.1 Å². The van der Waals surface area contributed by atoms with Crippen molar-refractivity contribution in [2.24, 2.45) is 5.16 Å². The van der Waals surface area contributed by atoms with Crippen molar-refractivity contribution >= 4 is 11.9 Å². The van der Waals surface area contributed by atoms with Crippen molar-refractivity contribution in [3.63, 3.8) is 0 Å². The molecule has 0 rings (SSSR count). The van der Waals surface area contributed by atoms with Crippen LogP contribution >= 0.6 is 0 Å². The Balaban J connectivity index is 3.45. The van der Waals surface area contributed by atoms with Crippen LogP contribution in [0.1, 0.15) is 13.8 Å². The molecule has 8 heavy (non-hydrogen) atoms. The maximum absolute atomic E-state index is 11.1. The van der Waals surface area contributed by atoms with E-state index in [0.717, 1.165) is 0 Å². The van der Waals surface area contributed by atoms with E-state index < -0.39 is 6.22 Å². The van der Waals surface area contributed by atoms with Gasteiger partial charge in [-0.25, -0.2) is 4.79 Å². The van der Waals surface area contributed by atoms with Crippen molar-refractivity contribution in [1.29, 1.82) is 0 Å². The third-order valence-electron chi connectivity index (χ3n) is 0.300. The summed E-state index contributed by atoms with van der Waals surface area (Å²) in [5.74, 6) is 0. The van der Waals surface area contributed by atoms with E-state index in [9.17, 15) is 9.18 Å². The van der Waals surface area contributed by atoms with Gasteiger partial charge in [0.2, 0.25) is 0 Å². The summed E-state index contributed by atoms with van der Waals surface area (Å²) in [6, 6.07) is 0. The smallest absolute Gasteiger partial charge is 0.289 e. The fourth-order valence-electron chi connectivity index (χ4n) is 0.127. The first kappa shape index (κ1) is 7.07.